The van der Waals surface area contributed by atoms with E-state index in [-0.39, 0.29) is 18.2 Å². The first kappa shape index (κ1) is 17.6. The number of aromatic hydroxyl groups is 1. The minimum Gasteiger partial charge on any atom is -0.508 e. The van der Waals surface area contributed by atoms with Gasteiger partial charge < -0.3 is 15.2 Å². The number of phenols is 1. The first-order chi connectivity index (χ1) is 10.7. The number of rotatable bonds is 6. The fraction of sp³-hybridized carbons (Fsp3) is 0.333. The van der Waals surface area contributed by atoms with Gasteiger partial charge in [0.1, 0.15) is 17.3 Å². The molecule has 0 radical (unpaired) electrons. The maximum Gasteiger partial charge on any atom is 0.123 e. The predicted octanol–water partition coefficient (Wildman–Crippen LogP) is 3.86. The quantitative estimate of drug-likeness (QED) is 0.841. The molecule has 1 aliphatic rings. The van der Waals surface area contributed by atoms with Crippen LogP contribution in [-0.4, -0.2) is 18.8 Å². The summed E-state index contributed by atoms with van der Waals surface area (Å²) in [6.45, 7) is 1.48. The van der Waals surface area contributed by atoms with Gasteiger partial charge >= 0.3 is 0 Å². The van der Waals surface area contributed by atoms with E-state index in [1.165, 1.54) is 6.07 Å². The molecule has 0 saturated heterocycles. The molecule has 0 bridgehead atoms. The van der Waals surface area contributed by atoms with Crippen molar-refractivity contribution in [2.24, 2.45) is 5.92 Å². The highest BCUT2D eigenvalue weighted by molar-refractivity contribution is 5.85. The summed E-state index contributed by atoms with van der Waals surface area (Å²) in [5.41, 5.74) is 1.85. The summed E-state index contributed by atoms with van der Waals surface area (Å²) >= 11 is 0. The first-order valence-corrected chi connectivity index (χ1v) is 7.50. The summed E-state index contributed by atoms with van der Waals surface area (Å²) in [6.07, 6.45) is 1.04. The zero-order chi connectivity index (χ0) is 15.5. The number of hydrogen-bond donors (Lipinski definition) is 2. The second-order valence-corrected chi connectivity index (χ2v) is 5.75. The zero-order valence-electron chi connectivity index (χ0n) is 13.0. The summed E-state index contributed by atoms with van der Waals surface area (Å²) < 4.78 is 18.7. The molecule has 0 amide bonds. The number of para-hydroxylation sites is 1. The van der Waals surface area contributed by atoms with Crippen molar-refractivity contribution in [2.45, 2.75) is 18.9 Å². The van der Waals surface area contributed by atoms with Crippen molar-refractivity contribution in [3.05, 3.63) is 59.4 Å². The largest absolute Gasteiger partial charge is 0.508 e. The van der Waals surface area contributed by atoms with Gasteiger partial charge in [0.15, 0.2) is 0 Å². The number of methoxy groups -OCH3 is 1. The van der Waals surface area contributed by atoms with E-state index in [1.807, 2.05) is 18.2 Å². The lowest BCUT2D eigenvalue weighted by Gasteiger charge is -2.09. The fourth-order valence-corrected chi connectivity index (χ4v) is 2.90. The van der Waals surface area contributed by atoms with Gasteiger partial charge in [-0.3, -0.25) is 0 Å². The number of phenolic OH excluding ortho intramolecular Hbond substituents is 1. The minimum atomic E-state index is -0.219. The fourth-order valence-electron chi connectivity index (χ4n) is 2.90. The second-order valence-electron chi connectivity index (χ2n) is 5.75. The Morgan fingerprint density at radius 3 is 2.78 bits per heavy atom. The standard InChI is InChI=1S/C18H20FNO2.ClH/c1-22-18-7-6-14(19)9-16(18)15-8-13(15)11-20-10-12-4-2-3-5-17(12)21;/h2-7,9,13,15,20-21H,8,10-11H2,1H3;1H. The van der Waals surface area contributed by atoms with Gasteiger partial charge in [-0.1, -0.05) is 18.2 Å². The van der Waals surface area contributed by atoms with Gasteiger partial charge in [-0.25, -0.2) is 4.39 Å². The van der Waals surface area contributed by atoms with Crippen LogP contribution in [0.15, 0.2) is 42.5 Å². The summed E-state index contributed by atoms with van der Waals surface area (Å²) in [6, 6.07) is 12.0. The number of nitrogens with one attached hydrogen (secondary N) is 1. The Labute approximate surface area is 141 Å². The van der Waals surface area contributed by atoms with Gasteiger partial charge in [0.2, 0.25) is 0 Å². The Bertz CT molecular complexity index is 665. The number of hydrogen-bond acceptors (Lipinski definition) is 3. The minimum absolute atomic E-state index is 0. The molecule has 3 nitrogen and oxygen atoms in total. The molecule has 2 atom stereocenters. The van der Waals surface area contributed by atoms with Crippen LogP contribution in [-0.2, 0) is 6.54 Å². The molecule has 23 heavy (non-hydrogen) atoms. The molecule has 2 unspecified atom stereocenters. The maximum absolute atomic E-state index is 13.4. The Morgan fingerprint density at radius 2 is 2.04 bits per heavy atom. The van der Waals surface area contributed by atoms with Crippen molar-refractivity contribution < 1.29 is 14.2 Å². The summed E-state index contributed by atoms with van der Waals surface area (Å²) in [4.78, 5) is 0. The van der Waals surface area contributed by atoms with Crippen LogP contribution < -0.4 is 10.1 Å². The molecule has 5 heteroatoms. The average Bonchev–Trinajstić information content (AvgIpc) is 3.28. The SMILES string of the molecule is COc1ccc(F)cc1C1CC1CNCc1ccccc1O.Cl. The molecule has 1 aliphatic carbocycles. The van der Waals surface area contributed by atoms with E-state index in [1.54, 1.807) is 25.3 Å². The van der Waals surface area contributed by atoms with E-state index in [4.69, 9.17) is 4.74 Å². The van der Waals surface area contributed by atoms with Crippen LogP contribution in [0, 0.1) is 11.7 Å². The predicted molar refractivity (Wildman–Crippen MR) is 90.9 cm³/mol. The first-order valence-electron chi connectivity index (χ1n) is 7.50. The molecular weight excluding hydrogens is 317 g/mol. The molecular formula is C18H21ClFNO2. The Morgan fingerprint density at radius 1 is 1.26 bits per heavy atom. The Balaban J connectivity index is 0.00000192. The molecule has 2 N–H and O–H groups in total. The van der Waals surface area contributed by atoms with Crippen molar-refractivity contribution in [1.82, 2.24) is 5.32 Å². The third-order valence-corrected chi connectivity index (χ3v) is 4.23. The highest BCUT2D eigenvalue weighted by Gasteiger charge is 2.39. The molecule has 3 rings (SSSR count). The van der Waals surface area contributed by atoms with Gasteiger partial charge in [0, 0.05) is 17.7 Å². The highest BCUT2D eigenvalue weighted by Crippen LogP contribution is 2.50. The van der Waals surface area contributed by atoms with Gasteiger partial charge in [-0.2, -0.15) is 0 Å². The van der Waals surface area contributed by atoms with Crippen molar-refractivity contribution in [1.29, 1.82) is 0 Å². The van der Waals surface area contributed by atoms with E-state index < -0.39 is 0 Å². The smallest absolute Gasteiger partial charge is 0.123 e. The van der Waals surface area contributed by atoms with E-state index >= 15 is 0 Å². The third-order valence-electron chi connectivity index (χ3n) is 4.23. The molecule has 0 aromatic heterocycles. The Hall–Kier alpha value is -1.78. The van der Waals surface area contributed by atoms with Crippen LogP contribution >= 0.6 is 12.4 Å². The van der Waals surface area contributed by atoms with E-state index in [0.717, 1.165) is 29.8 Å². The zero-order valence-corrected chi connectivity index (χ0v) is 13.8. The third kappa shape index (κ3) is 4.15. The molecule has 0 spiro atoms. The topological polar surface area (TPSA) is 41.5 Å². The number of ether oxygens (including phenoxy) is 1. The van der Waals surface area contributed by atoms with E-state index in [2.05, 4.69) is 5.32 Å². The lowest BCUT2D eigenvalue weighted by Crippen LogP contribution is -2.16. The highest BCUT2D eigenvalue weighted by atomic mass is 35.5. The van der Waals surface area contributed by atoms with Crippen LogP contribution in [0.25, 0.3) is 0 Å². The molecule has 1 saturated carbocycles. The van der Waals surface area contributed by atoms with Crippen molar-refractivity contribution >= 4 is 12.4 Å². The normalized spacial score (nSPS) is 19.0. The molecule has 0 aliphatic heterocycles. The van der Waals surface area contributed by atoms with Crippen molar-refractivity contribution in [3.63, 3.8) is 0 Å². The lowest BCUT2D eigenvalue weighted by atomic mass is 10.1. The van der Waals surface area contributed by atoms with Gasteiger partial charge in [-0.05, 0) is 49.1 Å². The summed E-state index contributed by atoms with van der Waals surface area (Å²) in [7, 11) is 1.62. The molecule has 1 fully saturated rings. The van der Waals surface area contributed by atoms with Crippen molar-refractivity contribution in [2.75, 3.05) is 13.7 Å². The lowest BCUT2D eigenvalue weighted by molar-refractivity contribution is 0.407. The van der Waals surface area contributed by atoms with E-state index in [0.29, 0.717) is 24.1 Å². The molecule has 124 valence electrons. The second kappa shape index (κ2) is 7.66. The van der Waals surface area contributed by atoms with Gasteiger partial charge in [0.05, 0.1) is 7.11 Å². The Kier molecular flexibility index (Phi) is 5.85. The monoisotopic (exact) mass is 337 g/mol. The van der Waals surface area contributed by atoms with Gasteiger partial charge in [0.25, 0.3) is 0 Å². The van der Waals surface area contributed by atoms with Crippen LogP contribution in [0.4, 0.5) is 4.39 Å². The molecule has 2 aromatic rings. The number of halogens is 2. The van der Waals surface area contributed by atoms with Crippen LogP contribution in [0.1, 0.15) is 23.5 Å². The van der Waals surface area contributed by atoms with Crippen LogP contribution in [0.5, 0.6) is 11.5 Å². The van der Waals surface area contributed by atoms with Crippen LogP contribution in [0.2, 0.25) is 0 Å². The number of benzene rings is 2. The van der Waals surface area contributed by atoms with Gasteiger partial charge in [-0.15, -0.1) is 12.4 Å². The summed E-state index contributed by atoms with van der Waals surface area (Å²) in [5.74, 6) is 1.69. The molecule has 2 aromatic carbocycles. The van der Waals surface area contributed by atoms with E-state index in [9.17, 15) is 9.50 Å². The van der Waals surface area contributed by atoms with Crippen molar-refractivity contribution in [3.8, 4) is 11.5 Å². The summed E-state index contributed by atoms with van der Waals surface area (Å²) in [5, 5.41) is 13.1. The van der Waals surface area contributed by atoms with Crippen LogP contribution in [0.3, 0.4) is 0 Å². The average molecular weight is 338 g/mol. The molecule has 0 heterocycles. The maximum atomic E-state index is 13.4.